The van der Waals surface area contributed by atoms with Crippen LogP contribution in [-0.4, -0.2) is 38.9 Å². The molecule has 1 aliphatic rings. The minimum Gasteiger partial charge on any atom is -0.395 e. The van der Waals surface area contributed by atoms with E-state index >= 15 is 0 Å². The van der Waals surface area contributed by atoms with Gasteiger partial charge in [0.05, 0.1) is 13.2 Å². The number of aromatic nitrogens is 2. The van der Waals surface area contributed by atoms with E-state index in [0.717, 1.165) is 5.57 Å². The lowest BCUT2D eigenvalue weighted by atomic mass is 10.1. The molecule has 0 unspecified atom stereocenters. The standard InChI is InChI=1S/C17H17N3O4/c21-10-17(11-22)8-13(17)9-20-7-6-14(19-16(20)24)18-15(23)12-4-2-1-3-5-12/h1-7,9,21-22H,8,10-11H2,(H,18,19,23,24). The van der Waals surface area contributed by atoms with Gasteiger partial charge in [0.2, 0.25) is 0 Å². The van der Waals surface area contributed by atoms with E-state index in [0.29, 0.717) is 12.0 Å². The first-order chi connectivity index (χ1) is 11.6. The number of nitrogens with one attached hydrogen (secondary N) is 1. The molecule has 3 rings (SSSR count). The Bertz CT molecular complexity index is 838. The normalized spacial score (nSPS) is 16.8. The molecule has 1 aliphatic carbocycles. The number of aliphatic hydroxyl groups excluding tert-OH is 2. The summed E-state index contributed by atoms with van der Waals surface area (Å²) in [6, 6.07) is 10.1. The van der Waals surface area contributed by atoms with Gasteiger partial charge in [-0.15, -0.1) is 0 Å². The van der Waals surface area contributed by atoms with Crippen molar-refractivity contribution in [2.24, 2.45) is 5.41 Å². The Morgan fingerprint density at radius 3 is 2.54 bits per heavy atom. The maximum absolute atomic E-state index is 12.0. The summed E-state index contributed by atoms with van der Waals surface area (Å²) in [6.07, 6.45) is 3.59. The van der Waals surface area contributed by atoms with Crippen LogP contribution in [0.15, 0.2) is 53.0 Å². The average Bonchev–Trinajstić information content (AvgIpc) is 3.31. The van der Waals surface area contributed by atoms with Crippen LogP contribution in [-0.2, 0) is 0 Å². The molecule has 0 radical (unpaired) electrons. The molecule has 1 amide bonds. The SMILES string of the molecule is O=C(Nc1ccn(C=C2CC2(CO)CO)c(=O)n1)c1ccccc1. The van der Waals surface area contributed by atoms with Crippen LogP contribution in [0, 0.1) is 5.41 Å². The number of hydrogen-bond donors (Lipinski definition) is 3. The van der Waals surface area contributed by atoms with Crippen molar-refractivity contribution < 1.29 is 15.0 Å². The van der Waals surface area contributed by atoms with Gasteiger partial charge < -0.3 is 15.5 Å². The minimum atomic E-state index is -0.625. The molecule has 1 aromatic carbocycles. The van der Waals surface area contributed by atoms with Crippen molar-refractivity contribution in [2.45, 2.75) is 6.42 Å². The highest BCUT2D eigenvalue weighted by molar-refractivity contribution is 6.03. The second kappa shape index (κ2) is 6.38. The van der Waals surface area contributed by atoms with Gasteiger partial charge in [0, 0.05) is 23.4 Å². The molecule has 0 bridgehead atoms. The second-order valence-electron chi connectivity index (χ2n) is 5.75. The van der Waals surface area contributed by atoms with E-state index in [1.165, 1.54) is 16.8 Å². The topological polar surface area (TPSA) is 104 Å². The number of amides is 1. The Kier molecular flexibility index (Phi) is 4.28. The fourth-order valence-electron chi connectivity index (χ4n) is 2.39. The molecule has 3 N–H and O–H groups in total. The van der Waals surface area contributed by atoms with Crippen molar-refractivity contribution in [3.63, 3.8) is 0 Å². The lowest BCUT2D eigenvalue weighted by molar-refractivity contribution is 0.102. The van der Waals surface area contributed by atoms with Crippen LogP contribution in [0.4, 0.5) is 5.82 Å². The summed E-state index contributed by atoms with van der Waals surface area (Å²) >= 11 is 0. The molecule has 1 heterocycles. The summed E-state index contributed by atoms with van der Waals surface area (Å²) < 4.78 is 1.26. The second-order valence-corrected chi connectivity index (χ2v) is 5.75. The van der Waals surface area contributed by atoms with Crippen molar-refractivity contribution in [3.8, 4) is 0 Å². The molecule has 1 fully saturated rings. The minimum absolute atomic E-state index is 0.162. The highest BCUT2D eigenvalue weighted by Gasteiger charge is 2.48. The van der Waals surface area contributed by atoms with E-state index in [1.54, 1.807) is 36.5 Å². The van der Waals surface area contributed by atoms with Crippen molar-refractivity contribution >= 4 is 17.9 Å². The fraction of sp³-hybridized carbons (Fsp3) is 0.235. The van der Waals surface area contributed by atoms with Gasteiger partial charge in [-0.25, -0.2) is 4.79 Å². The molecule has 7 heteroatoms. The van der Waals surface area contributed by atoms with Crippen LogP contribution in [0.3, 0.4) is 0 Å². The van der Waals surface area contributed by atoms with Crippen LogP contribution in [0.25, 0.3) is 6.20 Å². The predicted molar refractivity (Wildman–Crippen MR) is 88.4 cm³/mol. The quantitative estimate of drug-likeness (QED) is 0.750. The molecular formula is C17H17N3O4. The van der Waals surface area contributed by atoms with Gasteiger partial charge >= 0.3 is 5.69 Å². The smallest absolute Gasteiger partial charge is 0.353 e. The van der Waals surface area contributed by atoms with E-state index in [1.807, 2.05) is 0 Å². The van der Waals surface area contributed by atoms with Gasteiger partial charge in [-0.05, 0) is 30.2 Å². The third kappa shape index (κ3) is 3.12. The molecule has 2 aromatic rings. The molecule has 24 heavy (non-hydrogen) atoms. The van der Waals surface area contributed by atoms with Crippen molar-refractivity contribution in [1.29, 1.82) is 0 Å². The van der Waals surface area contributed by atoms with Gasteiger partial charge in [0.15, 0.2) is 0 Å². The third-order valence-electron chi connectivity index (χ3n) is 4.09. The molecule has 0 aliphatic heterocycles. The molecule has 0 atom stereocenters. The molecule has 1 saturated carbocycles. The monoisotopic (exact) mass is 327 g/mol. The summed E-state index contributed by atoms with van der Waals surface area (Å²) in [5.74, 6) is -0.185. The Hall–Kier alpha value is -2.77. The number of carbonyl (C=O) groups excluding carboxylic acids is 1. The maximum Gasteiger partial charge on any atom is 0.353 e. The first kappa shape index (κ1) is 16.1. The van der Waals surface area contributed by atoms with Crippen LogP contribution in [0.5, 0.6) is 0 Å². The van der Waals surface area contributed by atoms with Crippen LogP contribution in [0.1, 0.15) is 16.8 Å². The molecule has 0 spiro atoms. The highest BCUT2D eigenvalue weighted by Crippen LogP contribution is 2.51. The lowest BCUT2D eigenvalue weighted by Gasteiger charge is -2.06. The van der Waals surface area contributed by atoms with Crippen LogP contribution >= 0.6 is 0 Å². The first-order valence-electron chi connectivity index (χ1n) is 7.46. The largest absolute Gasteiger partial charge is 0.395 e. The Morgan fingerprint density at radius 1 is 1.25 bits per heavy atom. The summed E-state index contributed by atoms with van der Waals surface area (Å²) in [5, 5.41) is 21.1. The molecule has 7 nitrogen and oxygen atoms in total. The van der Waals surface area contributed by atoms with Crippen molar-refractivity contribution in [2.75, 3.05) is 18.5 Å². The van der Waals surface area contributed by atoms with Gasteiger partial charge in [0.25, 0.3) is 5.91 Å². The third-order valence-corrected chi connectivity index (χ3v) is 4.09. The van der Waals surface area contributed by atoms with E-state index in [9.17, 15) is 19.8 Å². The Balaban J connectivity index is 1.76. The first-order valence-corrected chi connectivity index (χ1v) is 7.46. The van der Waals surface area contributed by atoms with Gasteiger partial charge in [-0.2, -0.15) is 4.98 Å². The van der Waals surface area contributed by atoms with Crippen molar-refractivity contribution in [1.82, 2.24) is 9.55 Å². The van der Waals surface area contributed by atoms with E-state index in [4.69, 9.17) is 0 Å². The molecule has 0 saturated heterocycles. The maximum atomic E-state index is 12.0. The summed E-state index contributed by atoms with van der Waals surface area (Å²) in [4.78, 5) is 27.9. The van der Waals surface area contributed by atoms with E-state index < -0.39 is 11.1 Å². The van der Waals surface area contributed by atoms with Gasteiger partial charge in [-0.1, -0.05) is 18.2 Å². The van der Waals surface area contributed by atoms with Crippen LogP contribution in [0.2, 0.25) is 0 Å². The number of rotatable bonds is 5. The number of carbonyl (C=O) groups is 1. The zero-order valence-electron chi connectivity index (χ0n) is 12.8. The van der Waals surface area contributed by atoms with Gasteiger partial charge in [0.1, 0.15) is 5.82 Å². The van der Waals surface area contributed by atoms with Crippen molar-refractivity contribution in [3.05, 3.63) is 64.2 Å². The fourth-order valence-corrected chi connectivity index (χ4v) is 2.39. The Morgan fingerprint density at radius 2 is 1.96 bits per heavy atom. The Labute approximate surface area is 137 Å². The highest BCUT2D eigenvalue weighted by atomic mass is 16.3. The van der Waals surface area contributed by atoms with Crippen LogP contribution < -0.4 is 11.0 Å². The number of nitrogens with zero attached hydrogens (tertiary/aromatic N) is 2. The predicted octanol–water partition coefficient (Wildman–Crippen LogP) is 0.711. The van der Waals surface area contributed by atoms with E-state index in [2.05, 4.69) is 10.3 Å². The lowest BCUT2D eigenvalue weighted by Crippen LogP contribution is -2.22. The molecule has 124 valence electrons. The summed E-state index contributed by atoms with van der Waals surface area (Å²) in [6.45, 7) is -0.328. The number of hydrogen-bond acceptors (Lipinski definition) is 5. The van der Waals surface area contributed by atoms with E-state index in [-0.39, 0.29) is 24.9 Å². The number of anilines is 1. The number of aliphatic hydroxyl groups is 2. The number of benzene rings is 1. The summed E-state index contributed by atoms with van der Waals surface area (Å²) in [7, 11) is 0. The molecular weight excluding hydrogens is 310 g/mol. The van der Waals surface area contributed by atoms with Gasteiger partial charge in [-0.3, -0.25) is 9.36 Å². The zero-order chi connectivity index (χ0) is 17.2. The molecule has 1 aromatic heterocycles. The average molecular weight is 327 g/mol. The zero-order valence-corrected chi connectivity index (χ0v) is 12.8. The summed E-state index contributed by atoms with van der Waals surface area (Å²) in [5.41, 5.74) is 0.0846.